The van der Waals surface area contributed by atoms with Gasteiger partial charge in [-0.3, -0.25) is 13.9 Å². The second-order valence-electron chi connectivity index (χ2n) is 7.31. The number of aryl methyl sites for hydroxylation is 2. The van der Waals surface area contributed by atoms with Crippen molar-refractivity contribution in [3.8, 4) is 0 Å². The third-order valence-corrected chi connectivity index (χ3v) is 5.96. The first-order valence-electron chi connectivity index (χ1n) is 9.75. The Kier molecular flexibility index (Phi) is 5.89. The summed E-state index contributed by atoms with van der Waals surface area (Å²) in [4.78, 5) is 30.6. The predicted molar refractivity (Wildman–Crippen MR) is 124 cm³/mol. The lowest BCUT2D eigenvalue weighted by Crippen LogP contribution is -2.39. The Labute approximate surface area is 188 Å². The van der Waals surface area contributed by atoms with Crippen molar-refractivity contribution in [1.82, 2.24) is 18.7 Å². The number of aromatic nitrogens is 4. The maximum atomic E-state index is 13.2. The summed E-state index contributed by atoms with van der Waals surface area (Å²) in [5.41, 5.74) is 1.74. The number of fused-ring (bicyclic) bond motifs is 1. The van der Waals surface area contributed by atoms with Gasteiger partial charge >= 0.3 is 5.69 Å². The minimum atomic E-state index is -0.447. The molecule has 0 aliphatic heterocycles. The van der Waals surface area contributed by atoms with Crippen molar-refractivity contribution in [2.75, 3.05) is 11.9 Å². The fourth-order valence-corrected chi connectivity index (χ4v) is 3.85. The van der Waals surface area contributed by atoms with Gasteiger partial charge in [-0.1, -0.05) is 59.6 Å². The molecule has 4 aromatic rings. The first-order chi connectivity index (χ1) is 14.9. The highest BCUT2D eigenvalue weighted by atomic mass is 35.5. The number of hydrogen-bond acceptors (Lipinski definition) is 4. The Morgan fingerprint density at radius 1 is 0.935 bits per heavy atom. The molecule has 0 unspecified atom stereocenters. The summed E-state index contributed by atoms with van der Waals surface area (Å²) in [6.07, 6.45) is 0.810. The number of hydrogen-bond donors (Lipinski definition) is 1. The summed E-state index contributed by atoms with van der Waals surface area (Å²) < 4.78 is 4.25. The van der Waals surface area contributed by atoms with E-state index in [-0.39, 0.29) is 6.54 Å². The minimum Gasteiger partial charge on any atom is -0.355 e. The number of anilines is 1. The molecule has 2 heterocycles. The first kappa shape index (κ1) is 21.2. The Bertz CT molecular complexity index is 1370. The molecule has 0 spiro atoms. The largest absolute Gasteiger partial charge is 0.355 e. The van der Waals surface area contributed by atoms with Crippen LogP contribution in [0.3, 0.4) is 0 Å². The molecule has 0 saturated heterocycles. The summed E-state index contributed by atoms with van der Waals surface area (Å²) >= 11 is 12.1. The van der Waals surface area contributed by atoms with E-state index in [4.69, 9.17) is 23.2 Å². The van der Waals surface area contributed by atoms with Crippen molar-refractivity contribution >= 4 is 40.3 Å². The number of imidazole rings is 1. The summed E-state index contributed by atoms with van der Waals surface area (Å²) in [5, 5.41) is 4.05. The SMILES string of the molecule is Cn1c(NCCc2ccccc2)nc2c1c(=O)n(Cc1ccc(Cl)c(Cl)c1)c(=O)n2C. The second-order valence-corrected chi connectivity index (χ2v) is 8.12. The van der Waals surface area contributed by atoms with Gasteiger partial charge in [0.05, 0.1) is 16.6 Å². The number of rotatable bonds is 6. The van der Waals surface area contributed by atoms with E-state index >= 15 is 0 Å². The molecule has 7 nitrogen and oxygen atoms in total. The molecule has 0 saturated carbocycles. The van der Waals surface area contributed by atoms with Gasteiger partial charge < -0.3 is 9.88 Å². The maximum absolute atomic E-state index is 13.2. The Morgan fingerprint density at radius 2 is 1.68 bits per heavy atom. The molecule has 0 amide bonds. The monoisotopic (exact) mass is 457 g/mol. The lowest BCUT2D eigenvalue weighted by atomic mass is 10.1. The normalized spacial score (nSPS) is 11.2. The van der Waals surface area contributed by atoms with Gasteiger partial charge in [0.15, 0.2) is 11.2 Å². The fraction of sp³-hybridized carbons (Fsp3) is 0.227. The molecule has 2 aromatic carbocycles. The van der Waals surface area contributed by atoms with E-state index in [2.05, 4.69) is 22.4 Å². The Morgan fingerprint density at radius 3 is 2.39 bits per heavy atom. The topological polar surface area (TPSA) is 73.8 Å². The van der Waals surface area contributed by atoms with Gasteiger partial charge in [-0.2, -0.15) is 4.98 Å². The lowest BCUT2D eigenvalue weighted by molar-refractivity contribution is 0.655. The molecule has 0 aliphatic carbocycles. The van der Waals surface area contributed by atoms with Crippen LogP contribution in [0.15, 0.2) is 58.1 Å². The Balaban J connectivity index is 1.68. The van der Waals surface area contributed by atoms with Crippen molar-refractivity contribution in [1.29, 1.82) is 0 Å². The molecule has 0 fully saturated rings. The Hall–Kier alpha value is -3.03. The van der Waals surface area contributed by atoms with Crippen LogP contribution in [0.2, 0.25) is 10.0 Å². The second kappa shape index (κ2) is 8.61. The maximum Gasteiger partial charge on any atom is 0.332 e. The first-order valence-corrected chi connectivity index (χ1v) is 10.5. The molecular formula is C22H21Cl2N5O2. The van der Waals surface area contributed by atoms with Gasteiger partial charge in [0.2, 0.25) is 5.95 Å². The smallest absolute Gasteiger partial charge is 0.332 e. The third-order valence-electron chi connectivity index (χ3n) is 5.22. The van der Waals surface area contributed by atoms with E-state index < -0.39 is 11.2 Å². The quantitative estimate of drug-likeness (QED) is 0.481. The van der Waals surface area contributed by atoms with E-state index in [0.717, 1.165) is 6.42 Å². The van der Waals surface area contributed by atoms with E-state index in [1.165, 1.54) is 14.7 Å². The minimum absolute atomic E-state index is 0.0836. The van der Waals surface area contributed by atoms with Crippen LogP contribution in [0.1, 0.15) is 11.1 Å². The molecule has 0 aliphatic rings. The predicted octanol–water partition coefficient (Wildman–Crippen LogP) is 3.44. The zero-order chi connectivity index (χ0) is 22.1. The van der Waals surface area contributed by atoms with Crippen LogP contribution < -0.4 is 16.6 Å². The number of nitrogens with zero attached hydrogens (tertiary/aromatic N) is 4. The summed E-state index contributed by atoms with van der Waals surface area (Å²) in [5.74, 6) is 0.533. The molecule has 160 valence electrons. The van der Waals surface area contributed by atoms with E-state index in [1.807, 2.05) is 18.2 Å². The van der Waals surface area contributed by atoms with Crippen molar-refractivity contribution in [3.63, 3.8) is 0 Å². The summed E-state index contributed by atoms with van der Waals surface area (Å²) in [7, 11) is 3.37. The van der Waals surface area contributed by atoms with E-state index in [0.29, 0.717) is 39.3 Å². The van der Waals surface area contributed by atoms with Gasteiger partial charge in [0, 0.05) is 20.6 Å². The zero-order valence-electron chi connectivity index (χ0n) is 17.1. The molecule has 2 aromatic heterocycles. The molecule has 31 heavy (non-hydrogen) atoms. The molecule has 4 rings (SSSR count). The standard InChI is InChI=1S/C22H21Cl2N5O2/c1-27-18-19(26-21(27)25-11-10-14-6-4-3-5-7-14)28(2)22(31)29(20(18)30)13-15-8-9-16(23)17(24)12-15/h3-9,12H,10-11,13H2,1-2H3,(H,25,26). The van der Waals surface area contributed by atoms with Gasteiger partial charge in [0.25, 0.3) is 5.56 Å². The molecule has 0 radical (unpaired) electrons. The third kappa shape index (κ3) is 4.11. The van der Waals surface area contributed by atoms with Crippen LogP contribution in [-0.4, -0.2) is 25.2 Å². The van der Waals surface area contributed by atoms with Crippen LogP contribution in [0.25, 0.3) is 11.2 Å². The van der Waals surface area contributed by atoms with E-state index in [1.54, 1.807) is 36.9 Å². The molecular weight excluding hydrogens is 437 g/mol. The van der Waals surface area contributed by atoms with Crippen molar-refractivity contribution < 1.29 is 0 Å². The lowest BCUT2D eigenvalue weighted by Gasteiger charge is -2.09. The van der Waals surface area contributed by atoms with Crippen molar-refractivity contribution in [2.45, 2.75) is 13.0 Å². The van der Waals surface area contributed by atoms with Crippen LogP contribution >= 0.6 is 23.2 Å². The highest BCUT2D eigenvalue weighted by Crippen LogP contribution is 2.23. The van der Waals surface area contributed by atoms with Crippen molar-refractivity contribution in [3.05, 3.63) is 90.5 Å². The van der Waals surface area contributed by atoms with Gasteiger partial charge in [-0.15, -0.1) is 0 Å². The van der Waals surface area contributed by atoms with Crippen molar-refractivity contribution in [2.24, 2.45) is 14.1 Å². The van der Waals surface area contributed by atoms with Gasteiger partial charge in [0.1, 0.15) is 0 Å². The average Bonchev–Trinajstić information content (AvgIpc) is 3.09. The molecule has 1 N–H and O–H groups in total. The fourth-order valence-electron chi connectivity index (χ4n) is 3.52. The van der Waals surface area contributed by atoms with Gasteiger partial charge in [-0.25, -0.2) is 4.79 Å². The zero-order valence-corrected chi connectivity index (χ0v) is 18.6. The van der Waals surface area contributed by atoms with Gasteiger partial charge in [-0.05, 0) is 29.7 Å². The highest BCUT2D eigenvalue weighted by molar-refractivity contribution is 6.42. The molecule has 9 heteroatoms. The highest BCUT2D eigenvalue weighted by Gasteiger charge is 2.18. The number of benzene rings is 2. The van der Waals surface area contributed by atoms with Crippen LogP contribution in [0, 0.1) is 0 Å². The van der Waals surface area contributed by atoms with Crippen LogP contribution in [0.4, 0.5) is 5.95 Å². The van der Waals surface area contributed by atoms with E-state index in [9.17, 15) is 9.59 Å². The number of nitrogens with one attached hydrogen (secondary N) is 1. The van der Waals surface area contributed by atoms with Crippen LogP contribution in [-0.2, 0) is 27.1 Å². The van der Waals surface area contributed by atoms with Crippen LogP contribution in [0.5, 0.6) is 0 Å². The average molecular weight is 458 g/mol. The molecule has 0 bridgehead atoms. The summed E-state index contributed by atoms with van der Waals surface area (Å²) in [6.45, 7) is 0.729. The molecule has 0 atom stereocenters. The number of halogens is 2. The summed E-state index contributed by atoms with van der Waals surface area (Å²) in [6, 6.07) is 15.1.